The van der Waals surface area contributed by atoms with Gasteiger partial charge in [-0.3, -0.25) is 4.79 Å². The lowest BCUT2D eigenvalue weighted by Crippen LogP contribution is -2.29. The minimum absolute atomic E-state index is 0.260. The van der Waals surface area contributed by atoms with Crippen LogP contribution in [0.5, 0.6) is 0 Å². The maximum absolute atomic E-state index is 12.5. The van der Waals surface area contributed by atoms with Crippen LogP contribution in [0.4, 0.5) is 0 Å². The van der Waals surface area contributed by atoms with Gasteiger partial charge in [-0.1, -0.05) is 41.8 Å². The summed E-state index contributed by atoms with van der Waals surface area (Å²) in [5, 5.41) is 21.9. The summed E-state index contributed by atoms with van der Waals surface area (Å²) in [6.07, 6.45) is 3.20. The second-order valence-electron chi connectivity index (χ2n) is 5.33. The molecule has 0 aliphatic rings. The zero-order valence-corrected chi connectivity index (χ0v) is 14.8. The Morgan fingerprint density at radius 1 is 1.36 bits per heavy atom. The molecule has 3 aromatic rings. The van der Waals surface area contributed by atoms with E-state index in [0.29, 0.717) is 28.0 Å². The van der Waals surface area contributed by atoms with Crippen molar-refractivity contribution in [3.8, 4) is 5.69 Å². The maximum Gasteiger partial charge on any atom is 0.272 e. The van der Waals surface area contributed by atoms with Gasteiger partial charge < -0.3 is 5.32 Å². The Labute approximate surface area is 153 Å². The molecule has 0 saturated carbocycles. The molecule has 2 aromatic heterocycles. The van der Waals surface area contributed by atoms with E-state index in [1.54, 1.807) is 30.5 Å². The summed E-state index contributed by atoms with van der Waals surface area (Å²) < 4.78 is 1.52. The highest BCUT2D eigenvalue weighted by Gasteiger charge is 2.20. The van der Waals surface area contributed by atoms with Crippen molar-refractivity contribution in [2.24, 2.45) is 0 Å². The quantitative estimate of drug-likeness (QED) is 0.685. The lowest BCUT2D eigenvalue weighted by atomic mass is 10.1. The molecule has 1 atom stereocenters. The molecular formula is C15H15Cl2N7O. The first-order valence-electron chi connectivity index (χ1n) is 7.63. The van der Waals surface area contributed by atoms with E-state index in [2.05, 4.69) is 31.0 Å². The number of nitrogens with zero attached hydrogens (tertiary/aromatic N) is 5. The van der Waals surface area contributed by atoms with Crippen LogP contribution in [0, 0.1) is 0 Å². The van der Waals surface area contributed by atoms with Crippen LogP contribution in [-0.2, 0) is 0 Å². The predicted molar refractivity (Wildman–Crippen MR) is 92.9 cm³/mol. The first kappa shape index (κ1) is 17.4. The SMILES string of the molecule is CCCC(NC(=O)c1ccn(-c2ccc(Cl)cc2Cl)n1)c1nn[nH]n1. The molecule has 0 fully saturated rings. The van der Waals surface area contributed by atoms with Gasteiger partial charge in [-0.15, -0.1) is 10.2 Å². The van der Waals surface area contributed by atoms with Crippen LogP contribution >= 0.6 is 23.2 Å². The molecule has 2 heterocycles. The molecule has 0 bridgehead atoms. The lowest BCUT2D eigenvalue weighted by molar-refractivity contribution is 0.0927. The van der Waals surface area contributed by atoms with Crippen LogP contribution in [0.3, 0.4) is 0 Å². The average molecular weight is 380 g/mol. The molecule has 0 aliphatic carbocycles. The van der Waals surface area contributed by atoms with Gasteiger partial charge >= 0.3 is 0 Å². The zero-order valence-electron chi connectivity index (χ0n) is 13.3. The van der Waals surface area contributed by atoms with Gasteiger partial charge in [0.15, 0.2) is 11.5 Å². The van der Waals surface area contributed by atoms with Crippen molar-refractivity contribution in [3.63, 3.8) is 0 Å². The number of benzene rings is 1. The van der Waals surface area contributed by atoms with Crippen molar-refractivity contribution in [1.82, 2.24) is 35.7 Å². The number of carbonyl (C=O) groups is 1. The highest BCUT2D eigenvalue weighted by Crippen LogP contribution is 2.24. The van der Waals surface area contributed by atoms with Gasteiger partial charge in [0, 0.05) is 11.2 Å². The molecule has 1 amide bonds. The number of carbonyl (C=O) groups excluding carboxylic acids is 1. The summed E-state index contributed by atoms with van der Waals surface area (Å²) in [4.78, 5) is 12.5. The number of nitrogens with one attached hydrogen (secondary N) is 2. The lowest BCUT2D eigenvalue weighted by Gasteiger charge is -2.13. The highest BCUT2D eigenvalue weighted by atomic mass is 35.5. The number of H-pyrrole nitrogens is 1. The maximum atomic E-state index is 12.5. The van der Waals surface area contributed by atoms with Gasteiger partial charge in [-0.25, -0.2) is 4.68 Å². The summed E-state index contributed by atoms with van der Waals surface area (Å²) in [6, 6.07) is 6.34. The molecule has 1 aromatic carbocycles. The third-order valence-electron chi connectivity index (χ3n) is 3.53. The number of amides is 1. The molecule has 2 N–H and O–H groups in total. The van der Waals surface area contributed by atoms with Crippen molar-refractivity contribution >= 4 is 29.1 Å². The summed E-state index contributed by atoms with van der Waals surface area (Å²) in [5.41, 5.74) is 0.893. The van der Waals surface area contributed by atoms with Crippen LogP contribution in [0.1, 0.15) is 42.1 Å². The molecule has 1 unspecified atom stereocenters. The van der Waals surface area contributed by atoms with Crippen molar-refractivity contribution in [2.45, 2.75) is 25.8 Å². The number of rotatable bonds is 6. The first-order valence-corrected chi connectivity index (χ1v) is 8.39. The normalized spacial score (nSPS) is 12.1. The number of hydrogen-bond acceptors (Lipinski definition) is 5. The predicted octanol–water partition coefficient (Wildman–Crippen LogP) is 2.96. The minimum atomic E-state index is -0.333. The third-order valence-corrected chi connectivity index (χ3v) is 4.07. The van der Waals surface area contributed by atoms with E-state index in [1.165, 1.54) is 4.68 Å². The van der Waals surface area contributed by atoms with Gasteiger partial charge in [0.05, 0.1) is 16.8 Å². The molecule has 0 radical (unpaired) electrons. The van der Waals surface area contributed by atoms with Crippen LogP contribution in [0.15, 0.2) is 30.5 Å². The number of halogens is 2. The number of aromatic amines is 1. The molecule has 8 nitrogen and oxygen atoms in total. The third kappa shape index (κ3) is 3.97. The van der Waals surface area contributed by atoms with E-state index in [9.17, 15) is 4.79 Å². The van der Waals surface area contributed by atoms with Gasteiger partial charge in [0.2, 0.25) is 0 Å². The summed E-state index contributed by atoms with van der Waals surface area (Å²) >= 11 is 12.1. The highest BCUT2D eigenvalue weighted by molar-refractivity contribution is 6.35. The van der Waals surface area contributed by atoms with Crippen LogP contribution in [-0.4, -0.2) is 36.3 Å². The fourth-order valence-electron chi connectivity index (χ4n) is 2.35. The molecule has 10 heteroatoms. The standard InChI is InChI=1S/C15H15Cl2N7O/c1-2-3-11(14-19-22-23-20-14)18-15(25)12-6-7-24(21-12)13-5-4-9(16)8-10(13)17/h4-8,11H,2-3H2,1H3,(H,18,25)(H,19,20,22,23). The van der Waals surface area contributed by atoms with E-state index in [0.717, 1.165) is 6.42 Å². The van der Waals surface area contributed by atoms with Crippen molar-refractivity contribution in [1.29, 1.82) is 0 Å². The van der Waals surface area contributed by atoms with Crippen molar-refractivity contribution in [3.05, 3.63) is 52.0 Å². The molecule has 0 aliphatic heterocycles. The summed E-state index contributed by atoms with van der Waals surface area (Å²) in [5.74, 6) is 0.113. The number of tetrazole rings is 1. The van der Waals surface area contributed by atoms with Crippen LogP contribution < -0.4 is 5.32 Å². The van der Waals surface area contributed by atoms with E-state index >= 15 is 0 Å². The Balaban J connectivity index is 1.78. The average Bonchev–Trinajstić information content (AvgIpc) is 3.26. The Morgan fingerprint density at radius 3 is 2.88 bits per heavy atom. The number of hydrogen-bond donors (Lipinski definition) is 2. The van der Waals surface area contributed by atoms with Crippen LogP contribution in [0.2, 0.25) is 10.0 Å². The zero-order chi connectivity index (χ0) is 17.8. The molecule has 0 saturated heterocycles. The van der Waals surface area contributed by atoms with Gasteiger partial charge in [-0.2, -0.15) is 10.3 Å². The minimum Gasteiger partial charge on any atom is -0.340 e. The van der Waals surface area contributed by atoms with Crippen LogP contribution in [0.25, 0.3) is 5.69 Å². The van der Waals surface area contributed by atoms with E-state index < -0.39 is 0 Å². The Morgan fingerprint density at radius 2 is 2.20 bits per heavy atom. The monoisotopic (exact) mass is 379 g/mol. The fourth-order valence-corrected chi connectivity index (χ4v) is 2.85. The second kappa shape index (κ2) is 7.62. The van der Waals surface area contributed by atoms with Crippen molar-refractivity contribution < 1.29 is 4.79 Å². The summed E-state index contributed by atoms with van der Waals surface area (Å²) in [6.45, 7) is 2.01. The van der Waals surface area contributed by atoms with E-state index in [4.69, 9.17) is 23.2 Å². The van der Waals surface area contributed by atoms with Gasteiger partial charge in [0.1, 0.15) is 0 Å². The Bertz CT molecular complexity index is 863. The van der Waals surface area contributed by atoms with Crippen molar-refractivity contribution in [2.75, 3.05) is 0 Å². The second-order valence-corrected chi connectivity index (χ2v) is 6.17. The Hall–Kier alpha value is -2.45. The number of aromatic nitrogens is 6. The fraction of sp³-hybridized carbons (Fsp3) is 0.267. The molecule has 3 rings (SSSR count). The largest absolute Gasteiger partial charge is 0.340 e. The van der Waals surface area contributed by atoms with Gasteiger partial charge in [0.25, 0.3) is 5.91 Å². The Kier molecular flexibility index (Phi) is 5.30. The topological polar surface area (TPSA) is 101 Å². The molecule has 25 heavy (non-hydrogen) atoms. The summed E-state index contributed by atoms with van der Waals surface area (Å²) in [7, 11) is 0. The van der Waals surface area contributed by atoms with Gasteiger partial charge in [-0.05, 0) is 30.7 Å². The molecular weight excluding hydrogens is 365 g/mol. The van der Waals surface area contributed by atoms with E-state index in [-0.39, 0.29) is 17.6 Å². The first-order chi connectivity index (χ1) is 12.1. The van der Waals surface area contributed by atoms with E-state index in [1.807, 2.05) is 6.92 Å². The molecule has 130 valence electrons. The smallest absolute Gasteiger partial charge is 0.272 e. The molecule has 0 spiro atoms.